The van der Waals surface area contributed by atoms with Crippen LogP contribution >= 0.6 is 15.9 Å². The van der Waals surface area contributed by atoms with E-state index >= 15 is 0 Å². The monoisotopic (exact) mass is 356 g/mol. The maximum atomic E-state index is 13.3. The molecule has 0 saturated heterocycles. The summed E-state index contributed by atoms with van der Waals surface area (Å²) in [5, 5.41) is 3.17. The predicted octanol–water partition coefficient (Wildman–Crippen LogP) is 4.41. The molecule has 6 heteroatoms. The van der Waals surface area contributed by atoms with Crippen molar-refractivity contribution in [2.24, 2.45) is 0 Å². The molecular weight excluding hydrogens is 342 g/mol. The number of benzene rings is 1. The lowest BCUT2D eigenvalue weighted by Gasteiger charge is -2.13. The van der Waals surface area contributed by atoms with Crippen molar-refractivity contribution in [3.05, 3.63) is 52.1 Å². The molecule has 112 valence electrons. The predicted molar refractivity (Wildman–Crippen MR) is 80.3 cm³/mol. The standard InChI is InChI=1S/C15H15BrF2N2O/c1-9(2)19-7-10-5-12(18)8-20-15(10)21-14-6-11(17)3-4-13(14)16/h3-6,8-9,19H,7H2,1-2H3. The molecule has 1 N–H and O–H groups in total. The highest BCUT2D eigenvalue weighted by atomic mass is 79.9. The SMILES string of the molecule is CC(C)NCc1cc(F)cnc1Oc1cc(F)ccc1Br. The zero-order valence-electron chi connectivity index (χ0n) is 11.7. The quantitative estimate of drug-likeness (QED) is 0.861. The van der Waals surface area contributed by atoms with Crippen LogP contribution in [0.4, 0.5) is 8.78 Å². The minimum atomic E-state index is -0.443. The zero-order chi connectivity index (χ0) is 15.4. The Morgan fingerprint density at radius 2 is 2.00 bits per heavy atom. The van der Waals surface area contributed by atoms with Gasteiger partial charge in [0.05, 0.1) is 10.7 Å². The van der Waals surface area contributed by atoms with Gasteiger partial charge in [-0.3, -0.25) is 0 Å². The van der Waals surface area contributed by atoms with Gasteiger partial charge in [0.25, 0.3) is 0 Å². The van der Waals surface area contributed by atoms with Crippen molar-refractivity contribution in [1.82, 2.24) is 10.3 Å². The molecule has 0 aliphatic heterocycles. The van der Waals surface area contributed by atoms with Gasteiger partial charge >= 0.3 is 0 Å². The molecule has 2 aromatic rings. The van der Waals surface area contributed by atoms with E-state index in [1.165, 1.54) is 18.2 Å². The summed E-state index contributed by atoms with van der Waals surface area (Å²) < 4.78 is 32.8. The molecule has 2 rings (SSSR count). The summed E-state index contributed by atoms with van der Waals surface area (Å²) in [6.07, 6.45) is 1.07. The maximum Gasteiger partial charge on any atom is 0.223 e. The lowest BCUT2D eigenvalue weighted by atomic mass is 10.2. The highest BCUT2D eigenvalue weighted by Crippen LogP contribution is 2.31. The fraction of sp³-hybridized carbons (Fsp3) is 0.267. The van der Waals surface area contributed by atoms with E-state index in [1.54, 1.807) is 6.07 Å². The molecule has 0 aliphatic carbocycles. The van der Waals surface area contributed by atoms with E-state index in [0.717, 1.165) is 6.20 Å². The molecule has 0 amide bonds. The van der Waals surface area contributed by atoms with Crippen LogP contribution in [0, 0.1) is 11.6 Å². The number of aromatic nitrogens is 1. The summed E-state index contributed by atoms with van der Waals surface area (Å²) in [5.74, 6) is -0.325. The lowest BCUT2D eigenvalue weighted by Crippen LogP contribution is -2.22. The molecule has 1 heterocycles. The summed E-state index contributed by atoms with van der Waals surface area (Å²) in [7, 11) is 0. The van der Waals surface area contributed by atoms with Crippen molar-refractivity contribution in [3.63, 3.8) is 0 Å². The number of halogens is 3. The molecule has 0 aliphatic rings. The average Bonchev–Trinajstić information content (AvgIpc) is 2.43. The smallest absolute Gasteiger partial charge is 0.223 e. The summed E-state index contributed by atoms with van der Waals surface area (Å²) >= 11 is 3.28. The lowest BCUT2D eigenvalue weighted by molar-refractivity contribution is 0.439. The first kappa shape index (κ1) is 15.9. The van der Waals surface area contributed by atoms with Crippen LogP contribution in [-0.4, -0.2) is 11.0 Å². The molecule has 1 aromatic heterocycles. The second-order valence-corrected chi connectivity index (χ2v) is 5.68. The summed E-state index contributed by atoms with van der Waals surface area (Å²) in [5.41, 5.74) is 0.569. The van der Waals surface area contributed by atoms with Gasteiger partial charge in [0.2, 0.25) is 5.88 Å². The van der Waals surface area contributed by atoms with Crippen molar-refractivity contribution in [2.45, 2.75) is 26.4 Å². The minimum absolute atomic E-state index is 0.238. The third-order valence-corrected chi connectivity index (χ3v) is 3.35. The molecule has 0 saturated carbocycles. The van der Waals surface area contributed by atoms with Gasteiger partial charge in [-0.05, 0) is 34.1 Å². The summed E-state index contributed by atoms with van der Waals surface area (Å²) in [4.78, 5) is 3.94. The van der Waals surface area contributed by atoms with Crippen molar-refractivity contribution < 1.29 is 13.5 Å². The molecule has 0 fully saturated rings. The number of nitrogens with zero attached hydrogens (tertiary/aromatic N) is 1. The van der Waals surface area contributed by atoms with E-state index in [1.807, 2.05) is 13.8 Å². The molecule has 0 atom stereocenters. The fourth-order valence-electron chi connectivity index (χ4n) is 1.66. The Kier molecular flexibility index (Phi) is 5.25. The van der Waals surface area contributed by atoms with E-state index in [0.29, 0.717) is 22.3 Å². The van der Waals surface area contributed by atoms with Gasteiger partial charge in [0.1, 0.15) is 17.4 Å². The molecule has 0 radical (unpaired) electrons. The Bertz CT molecular complexity index is 635. The Morgan fingerprint density at radius 1 is 1.24 bits per heavy atom. The second kappa shape index (κ2) is 6.95. The Hall–Kier alpha value is -1.53. The third kappa shape index (κ3) is 4.47. The first-order valence-electron chi connectivity index (χ1n) is 6.46. The minimum Gasteiger partial charge on any atom is -0.437 e. The maximum absolute atomic E-state index is 13.3. The van der Waals surface area contributed by atoms with Crippen molar-refractivity contribution in [1.29, 1.82) is 0 Å². The van der Waals surface area contributed by atoms with Crippen LogP contribution in [0.15, 0.2) is 34.9 Å². The molecule has 0 spiro atoms. The van der Waals surface area contributed by atoms with Crippen LogP contribution in [0.3, 0.4) is 0 Å². The van der Waals surface area contributed by atoms with E-state index in [2.05, 4.69) is 26.2 Å². The van der Waals surface area contributed by atoms with Crippen LogP contribution in [0.1, 0.15) is 19.4 Å². The number of rotatable bonds is 5. The zero-order valence-corrected chi connectivity index (χ0v) is 13.2. The van der Waals surface area contributed by atoms with Gasteiger partial charge in [-0.1, -0.05) is 13.8 Å². The number of nitrogens with one attached hydrogen (secondary N) is 1. The Labute approximate surface area is 130 Å². The average molecular weight is 357 g/mol. The van der Waals surface area contributed by atoms with Gasteiger partial charge in [0, 0.05) is 24.2 Å². The van der Waals surface area contributed by atoms with Gasteiger partial charge < -0.3 is 10.1 Å². The molecule has 0 unspecified atom stereocenters. The first-order valence-corrected chi connectivity index (χ1v) is 7.25. The number of pyridine rings is 1. The van der Waals surface area contributed by atoms with E-state index < -0.39 is 11.6 Å². The number of hydrogen-bond acceptors (Lipinski definition) is 3. The number of hydrogen-bond donors (Lipinski definition) is 1. The van der Waals surface area contributed by atoms with Crippen LogP contribution in [0.5, 0.6) is 11.6 Å². The van der Waals surface area contributed by atoms with Gasteiger partial charge in [-0.2, -0.15) is 0 Å². The topological polar surface area (TPSA) is 34.2 Å². The molecule has 1 aromatic carbocycles. The first-order chi connectivity index (χ1) is 9.95. The van der Waals surface area contributed by atoms with Gasteiger partial charge in [-0.25, -0.2) is 13.8 Å². The van der Waals surface area contributed by atoms with E-state index in [9.17, 15) is 8.78 Å². The van der Waals surface area contributed by atoms with Crippen LogP contribution < -0.4 is 10.1 Å². The normalized spacial score (nSPS) is 11.0. The van der Waals surface area contributed by atoms with Gasteiger partial charge in [0.15, 0.2) is 0 Å². The largest absolute Gasteiger partial charge is 0.437 e. The second-order valence-electron chi connectivity index (χ2n) is 4.83. The molecule has 0 bridgehead atoms. The van der Waals surface area contributed by atoms with Crippen LogP contribution in [0.2, 0.25) is 0 Å². The molecule has 21 heavy (non-hydrogen) atoms. The summed E-state index contributed by atoms with van der Waals surface area (Å²) in [6, 6.07) is 5.69. The fourth-order valence-corrected chi connectivity index (χ4v) is 1.99. The highest BCUT2D eigenvalue weighted by molar-refractivity contribution is 9.10. The highest BCUT2D eigenvalue weighted by Gasteiger charge is 2.11. The van der Waals surface area contributed by atoms with Crippen molar-refractivity contribution >= 4 is 15.9 Å². The molecule has 3 nitrogen and oxygen atoms in total. The van der Waals surface area contributed by atoms with E-state index in [-0.39, 0.29) is 11.9 Å². The Balaban J connectivity index is 2.28. The van der Waals surface area contributed by atoms with Crippen LogP contribution in [0.25, 0.3) is 0 Å². The third-order valence-electron chi connectivity index (χ3n) is 2.69. The number of ether oxygens (including phenoxy) is 1. The van der Waals surface area contributed by atoms with Crippen molar-refractivity contribution in [2.75, 3.05) is 0 Å². The Morgan fingerprint density at radius 3 is 2.71 bits per heavy atom. The summed E-state index contributed by atoms with van der Waals surface area (Å²) in [6.45, 7) is 4.37. The van der Waals surface area contributed by atoms with Gasteiger partial charge in [-0.15, -0.1) is 0 Å². The molecular formula is C15H15BrF2N2O. The van der Waals surface area contributed by atoms with Crippen molar-refractivity contribution in [3.8, 4) is 11.6 Å². The van der Waals surface area contributed by atoms with Crippen LogP contribution in [-0.2, 0) is 6.54 Å². The van der Waals surface area contributed by atoms with E-state index in [4.69, 9.17) is 4.74 Å².